The molecule has 0 bridgehead atoms. The lowest BCUT2D eigenvalue weighted by Crippen LogP contribution is -2.32. The Hall–Kier alpha value is -1.55. The molecule has 0 aromatic carbocycles. The number of amides is 1. The molecule has 0 saturated heterocycles. The van der Waals surface area contributed by atoms with Crippen LogP contribution in [0.3, 0.4) is 0 Å². The number of fused-ring (bicyclic) bond motifs is 2. The van der Waals surface area contributed by atoms with Crippen LogP contribution in [0.15, 0.2) is 29.8 Å². The lowest BCUT2D eigenvalue weighted by atomic mass is 9.93. The molecule has 1 aliphatic rings. The first kappa shape index (κ1) is 13.4. The zero-order chi connectivity index (χ0) is 14.1. The molecule has 3 heterocycles. The lowest BCUT2D eigenvalue weighted by Gasteiger charge is -2.27. The molecule has 106 valence electrons. The SMILES string of the molecule is CCN(CC)C(=O)C[C@@H]1c2sccc2Cn2cccc21. The first-order valence-corrected chi connectivity index (χ1v) is 8.11. The van der Waals surface area contributed by atoms with Crippen molar-refractivity contribution in [2.24, 2.45) is 0 Å². The highest BCUT2D eigenvalue weighted by molar-refractivity contribution is 7.10. The second-order valence-electron chi connectivity index (χ2n) is 5.19. The topological polar surface area (TPSA) is 25.2 Å². The van der Waals surface area contributed by atoms with E-state index in [4.69, 9.17) is 0 Å². The van der Waals surface area contributed by atoms with Crippen LogP contribution in [0.4, 0.5) is 0 Å². The van der Waals surface area contributed by atoms with Gasteiger partial charge in [-0.3, -0.25) is 4.79 Å². The van der Waals surface area contributed by atoms with Gasteiger partial charge < -0.3 is 9.47 Å². The molecule has 2 aromatic rings. The number of hydrogen-bond donors (Lipinski definition) is 0. The summed E-state index contributed by atoms with van der Waals surface area (Å²) in [5.41, 5.74) is 2.65. The molecule has 1 aliphatic heterocycles. The van der Waals surface area contributed by atoms with E-state index in [0.29, 0.717) is 6.42 Å². The normalized spacial score (nSPS) is 16.6. The predicted octanol–water partition coefficient (Wildman–Crippen LogP) is 3.30. The molecule has 2 aromatic heterocycles. The van der Waals surface area contributed by atoms with Crippen LogP contribution in [0.25, 0.3) is 0 Å². The fourth-order valence-corrected chi connectivity index (χ4v) is 4.10. The fraction of sp³-hybridized carbons (Fsp3) is 0.438. The van der Waals surface area contributed by atoms with Crippen molar-refractivity contribution in [3.8, 4) is 0 Å². The minimum atomic E-state index is 0.224. The number of aromatic nitrogens is 1. The predicted molar refractivity (Wildman–Crippen MR) is 82.2 cm³/mol. The van der Waals surface area contributed by atoms with Gasteiger partial charge in [-0.25, -0.2) is 0 Å². The molecule has 1 atom stereocenters. The quantitative estimate of drug-likeness (QED) is 0.847. The summed E-state index contributed by atoms with van der Waals surface area (Å²) in [6.45, 7) is 6.61. The third kappa shape index (κ3) is 2.18. The molecular weight excluding hydrogens is 268 g/mol. The van der Waals surface area contributed by atoms with E-state index in [1.165, 1.54) is 16.1 Å². The first-order chi connectivity index (χ1) is 9.74. The maximum Gasteiger partial charge on any atom is 0.223 e. The van der Waals surface area contributed by atoms with Crippen molar-refractivity contribution in [3.05, 3.63) is 45.9 Å². The van der Waals surface area contributed by atoms with E-state index in [1.807, 2.05) is 18.7 Å². The van der Waals surface area contributed by atoms with Crippen molar-refractivity contribution in [2.45, 2.75) is 32.7 Å². The van der Waals surface area contributed by atoms with E-state index in [-0.39, 0.29) is 11.8 Å². The summed E-state index contributed by atoms with van der Waals surface area (Å²) in [5.74, 6) is 0.482. The molecule has 0 unspecified atom stereocenters. The van der Waals surface area contributed by atoms with Crippen LogP contribution in [-0.2, 0) is 11.3 Å². The number of carbonyl (C=O) groups excluding carboxylic acids is 1. The second-order valence-corrected chi connectivity index (χ2v) is 6.14. The van der Waals surface area contributed by atoms with Gasteiger partial charge in [0.05, 0.1) is 0 Å². The van der Waals surface area contributed by atoms with Crippen LogP contribution in [-0.4, -0.2) is 28.5 Å². The average Bonchev–Trinajstić information content (AvgIpc) is 3.08. The van der Waals surface area contributed by atoms with Gasteiger partial charge in [0.1, 0.15) is 0 Å². The van der Waals surface area contributed by atoms with E-state index in [0.717, 1.165) is 19.6 Å². The summed E-state index contributed by atoms with van der Waals surface area (Å²) in [5, 5.41) is 2.14. The van der Waals surface area contributed by atoms with Gasteiger partial charge >= 0.3 is 0 Å². The zero-order valence-electron chi connectivity index (χ0n) is 12.0. The summed E-state index contributed by atoms with van der Waals surface area (Å²) in [7, 11) is 0. The van der Waals surface area contributed by atoms with Gasteiger partial charge in [-0.15, -0.1) is 11.3 Å². The highest BCUT2D eigenvalue weighted by Gasteiger charge is 2.29. The van der Waals surface area contributed by atoms with Crippen molar-refractivity contribution in [1.82, 2.24) is 9.47 Å². The molecule has 0 radical (unpaired) electrons. The van der Waals surface area contributed by atoms with E-state index in [2.05, 4.69) is 34.3 Å². The second kappa shape index (κ2) is 5.44. The minimum Gasteiger partial charge on any atom is -0.346 e. The van der Waals surface area contributed by atoms with E-state index < -0.39 is 0 Å². The number of thiophene rings is 1. The first-order valence-electron chi connectivity index (χ1n) is 7.23. The number of nitrogens with zero attached hydrogens (tertiary/aromatic N) is 2. The monoisotopic (exact) mass is 288 g/mol. The van der Waals surface area contributed by atoms with Gasteiger partial charge in [0.15, 0.2) is 0 Å². The zero-order valence-corrected chi connectivity index (χ0v) is 12.8. The van der Waals surface area contributed by atoms with E-state index >= 15 is 0 Å². The summed E-state index contributed by atoms with van der Waals surface area (Å²) < 4.78 is 2.27. The third-order valence-electron chi connectivity index (χ3n) is 4.15. The van der Waals surface area contributed by atoms with Crippen LogP contribution in [0, 0.1) is 0 Å². The standard InChI is InChI=1S/C16H20N2OS/c1-3-17(4-2)15(19)10-13-14-6-5-8-18(14)11-12-7-9-20-16(12)13/h5-9,13H,3-4,10-11H2,1-2H3/t13-/m0/s1. The Balaban J connectivity index is 1.90. The molecular formula is C16H20N2OS. The van der Waals surface area contributed by atoms with Gasteiger partial charge in [0.25, 0.3) is 0 Å². The Morgan fingerprint density at radius 1 is 1.40 bits per heavy atom. The summed E-state index contributed by atoms with van der Waals surface area (Å²) in [6, 6.07) is 6.43. The highest BCUT2D eigenvalue weighted by atomic mass is 32.1. The largest absolute Gasteiger partial charge is 0.346 e. The Morgan fingerprint density at radius 3 is 2.95 bits per heavy atom. The van der Waals surface area contributed by atoms with Crippen molar-refractivity contribution in [2.75, 3.05) is 13.1 Å². The van der Waals surface area contributed by atoms with Crippen LogP contribution < -0.4 is 0 Å². The van der Waals surface area contributed by atoms with Crippen LogP contribution in [0.5, 0.6) is 0 Å². The van der Waals surface area contributed by atoms with E-state index in [9.17, 15) is 4.79 Å². The molecule has 4 heteroatoms. The maximum absolute atomic E-state index is 12.5. The molecule has 3 nitrogen and oxygen atoms in total. The number of hydrogen-bond acceptors (Lipinski definition) is 2. The minimum absolute atomic E-state index is 0.224. The summed E-state index contributed by atoms with van der Waals surface area (Å²) in [6.07, 6.45) is 2.70. The van der Waals surface area contributed by atoms with Gasteiger partial charge in [-0.2, -0.15) is 0 Å². The van der Waals surface area contributed by atoms with Crippen LogP contribution >= 0.6 is 11.3 Å². The third-order valence-corrected chi connectivity index (χ3v) is 5.23. The van der Waals surface area contributed by atoms with Gasteiger partial charge in [-0.1, -0.05) is 0 Å². The molecule has 0 saturated carbocycles. The van der Waals surface area contributed by atoms with Crippen molar-refractivity contribution in [3.63, 3.8) is 0 Å². The molecule has 1 amide bonds. The van der Waals surface area contributed by atoms with Crippen molar-refractivity contribution < 1.29 is 4.79 Å². The van der Waals surface area contributed by atoms with Crippen molar-refractivity contribution in [1.29, 1.82) is 0 Å². The molecule has 0 aliphatic carbocycles. The van der Waals surface area contributed by atoms with Crippen LogP contribution in [0.1, 0.15) is 42.3 Å². The summed E-state index contributed by atoms with van der Waals surface area (Å²) >= 11 is 1.79. The molecule has 20 heavy (non-hydrogen) atoms. The summed E-state index contributed by atoms with van der Waals surface area (Å²) in [4.78, 5) is 15.8. The fourth-order valence-electron chi connectivity index (χ4n) is 3.07. The number of rotatable bonds is 4. The molecule has 0 spiro atoms. The Kier molecular flexibility index (Phi) is 3.66. The Bertz CT molecular complexity index is 569. The lowest BCUT2D eigenvalue weighted by molar-refractivity contribution is -0.131. The molecule has 0 fully saturated rings. The van der Waals surface area contributed by atoms with Crippen molar-refractivity contribution >= 4 is 17.2 Å². The van der Waals surface area contributed by atoms with Crippen LogP contribution in [0.2, 0.25) is 0 Å². The molecule has 0 N–H and O–H groups in total. The smallest absolute Gasteiger partial charge is 0.223 e. The molecule has 3 rings (SSSR count). The highest BCUT2D eigenvalue weighted by Crippen LogP contribution is 2.39. The Labute approximate surface area is 123 Å². The Morgan fingerprint density at radius 2 is 2.20 bits per heavy atom. The van der Waals surface area contributed by atoms with Gasteiger partial charge in [0, 0.05) is 48.7 Å². The average molecular weight is 288 g/mol. The maximum atomic E-state index is 12.5. The van der Waals surface area contributed by atoms with E-state index in [1.54, 1.807) is 11.3 Å². The van der Waals surface area contributed by atoms with Gasteiger partial charge in [0.2, 0.25) is 5.91 Å². The number of carbonyl (C=O) groups is 1. The van der Waals surface area contributed by atoms with Gasteiger partial charge in [-0.05, 0) is 43.0 Å².